The minimum absolute atomic E-state index is 0. The van der Waals surface area contributed by atoms with Crippen molar-refractivity contribution in [1.82, 2.24) is 5.32 Å². The lowest BCUT2D eigenvalue weighted by atomic mass is 9.92. The molecule has 4 heteroatoms. The Morgan fingerprint density at radius 1 is 1.38 bits per heavy atom. The largest absolute Gasteiger partial charge is 0.468 e. The Labute approximate surface area is 102 Å². The second-order valence-electron chi connectivity index (χ2n) is 3.76. The molecular weight excluding hydrogens is 226 g/mol. The highest BCUT2D eigenvalue weighted by atomic mass is 35.5. The lowest BCUT2D eigenvalue weighted by Crippen LogP contribution is -2.35. The third kappa shape index (κ3) is 2.54. The molecule has 0 unspecified atom stereocenters. The number of esters is 1. The topological polar surface area (TPSA) is 38.3 Å². The predicted octanol–water partition coefficient (Wildman–Crippen LogP) is 1.73. The van der Waals surface area contributed by atoms with Crippen LogP contribution in [0.3, 0.4) is 0 Å². The Morgan fingerprint density at radius 2 is 2.06 bits per heavy atom. The number of halogens is 1. The van der Waals surface area contributed by atoms with Crippen molar-refractivity contribution in [2.24, 2.45) is 0 Å². The Kier molecular flexibility index (Phi) is 4.77. The first-order valence-corrected chi connectivity index (χ1v) is 5.19. The van der Waals surface area contributed by atoms with E-state index in [-0.39, 0.29) is 30.3 Å². The Morgan fingerprint density at radius 3 is 2.69 bits per heavy atom. The Balaban J connectivity index is 0.00000128. The summed E-state index contributed by atoms with van der Waals surface area (Å²) in [6, 6.07) is 9.93. The second kappa shape index (κ2) is 5.87. The van der Waals surface area contributed by atoms with Crippen LogP contribution in [0.2, 0.25) is 0 Å². The number of rotatable bonds is 2. The van der Waals surface area contributed by atoms with Gasteiger partial charge in [0.2, 0.25) is 0 Å². The molecule has 1 aromatic rings. The number of methoxy groups -OCH3 is 1. The average Bonchev–Trinajstić information content (AvgIpc) is 2.78. The van der Waals surface area contributed by atoms with E-state index < -0.39 is 0 Å². The molecule has 88 valence electrons. The highest BCUT2D eigenvalue weighted by Crippen LogP contribution is 2.27. The van der Waals surface area contributed by atoms with Crippen LogP contribution >= 0.6 is 12.4 Å². The number of nitrogens with one attached hydrogen (secondary N) is 1. The number of hydrogen-bond donors (Lipinski definition) is 1. The van der Waals surface area contributed by atoms with Crippen molar-refractivity contribution < 1.29 is 9.53 Å². The maximum absolute atomic E-state index is 11.5. The van der Waals surface area contributed by atoms with Crippen molar-refractivity contribution in [1.29, 1.82) is 0 Å². The molecule has 2 atom stereocenters. The minimum Gasteiger partial charge on any atom is -0.468 e. The molecule has 1 heterocycles. The molecule has 2 rings (SSSR count). The lowest BCUT2D eigenvalue weighted by molar-refractivity contribution is -0.143. The van der Waals surface area contributed by atoms with Crippen molar-refractivity contribution in [3.05, 3.63) is 35.9 Å². The molecule has 1 saturated heterocycles. The van der Waals surface area contributed by atoms with E-state index in [9.17, 15) is 4.79 Å². The minimum atomic E-state index is -0.183. The molecule has 1 aliphatic heterocycles. The molecule has 16 heavy (non-hydrogen) atoms. The van der Waals surface area contributed by atoms with Gasteiger partial charge in [0, 0.05) is 5.92 Å². The van der Waals surface area contributed by atoms with Gasteiger partial charge in [-0.15, -0.1) is 12.4 Å². The van der Waals surface area contributed by atoms with Crippen LogP contribution in [0.1, 0.15) is 17.9 Å². The van der Waals surface area contributed by atoms with Gasteiger partial charge in [-0.3, -0.25) is 4.79 Å². The molecule has 1 aromatic carbocycles. The van der Waals surface area contributed by atoms with E-state index in [1.165, 1.54) is 12.7 Å². The summed E-state index contributed by atoms with van der Waals surface area (Å²) < 4.78 is 4.78. The molecule has 0 radical (unpaired) electrons. The van der Waals surface area contributed by atoms with Crippen LogP contribution in [0.15, 0.2) is 30.3 Å². The van der Waals surface area contributed by atoms with Crippen LogP contribution in [-0.4, -0.2) is 25.7 Å². The van der Waals surface area contributed by atoms with Crippen LogP contribution in [-0.2, 0) is 9.53 Å². The van der Waals surface area contributed by atoms with Gasteiger partial charge in [0.15, 0.2) is 0 Å². The van der Waals surface area contributed by atoms with Gasteiger partial charge < -0.3 is 10.1 Å². The smallest absolute Gasteiger partial charge is 0.323 e. The second-order valence-corrected chi connectivity index (χ2v) is 3.76. The van der Waals surface area contributed by atoms with Gasteiger partial charge in [0.1, 0.15) is 6.04 Å². The van der Waals surface area contributed by atoms with E-state index in [0.29, 0.717) is 0 Å². The van der Waals surface area contributed by atoms with Gasteiger partial charge in [0.25, 0.3) is 0 Å². The average molecular weight is 242 g/mol. The zero-order valence-corrected chi connectivity index (χ0v) is 10.00. The summed E-state index contributed by atoms with van der Waals surface area (Å²) in [5, 5.41) is 3.18. The summed E-state index contributed by atoms with van der Waals surface area (Å²) in [6.07, 6.45) is 0.990. The Bertz CT molecular complexity index is 342. The molecule has 0 bridgehead atoms. The SMILES string of the molecule is COC(=O)[C@H]1NCC[C@@H]1c1ccccc1.Cl. The van der Waals surface area contributed by atoms with Crippen LogP contribution in [0.5, 0.6) is 0 Å². The highest BCUT2D eigenvalue weighted by Gasteiger charge is 2.34. The van der Waals surface area contributed by atoms with Gasteiger partial charge in [-0.25, -0.2) is 0 Å². The summed E-state index contributed by atoms with van der Waals surface area (Å²) in [5.41, 5.74) is 1.21. The third-order valence-electron chi connectivity index (χ3n) is 2.90. The molecule has 0 spiro atoms. The molecule has 3 nitrogen and oxygen atoms in total. The normalized spacial score (nSPS) is 23.6. The summed E-state index contributed by atoms with van der Waals surface area (Å²) in [4.78, 5) is 11.5. The predicted molar refractivity (Wildman–Crippen MR) is 64.9 cm³/mol. The zero-order valence-electron chi connectivity index (χ0n) is 9.18. The fourth-order valence-electron chi connectivity index (χ4n) is 2.14. The van der Waals surface area contributed by atoms with E-state index in [0.717, 1.165) is 13.0 Å². The summed E-state index contributed by atoms with van der Waals surface area (Å²) in [6.45, 7) is 0.874. The molecule has 0 saturated carbocycles. The quantitative estimate of drug-likeness (QED) is 0.802. The van der Waals surface area contributed by atoms with E-state index in [2.05, 4.69) is 17.4 Å². The van der Waals surface area contributed by atoms with Crippen LogP contribution in [0.4, 0.5) is 0 Å². The van der Waals surface area contributed by atoms with Gasteiger partial charge in [-0.2, -0.15) is 0 Å². The standard InChI is InChI=1S/C12H15NO2.ClH/c1-15-12(14)11-10(7-8-13-11)9-5-3-2-4-6-9;/h2-6,10-11,13H,7-8H2,1H3;1H/t10-,11+;/m1./s1. The monoisotopic (exact) mass is 241 g/mol. The van der Waals surface area contributed by atoms with Crippen LogP contribution in [0.25, 0.3) is 0 Å². The number of hydrogen-bond acceptors (Lipinski definition) is 3. The van der Waals surface area contributed by atoms with Gasteiger partial charge in [-0.1, -0.05) is 30.3 Å². The van der Waals surface area contributed by atoms with E-state index in [1.54, 1.807) is 0 Å². The van der Waals surface area contributed by atoms with Gasteiger partial charge in [0.05, 0.1) is 7.11 Å². The fourth-order valence-corrected chi connectivity index (χ4v) is 2.14. The van der Waals surface area contributed by atoms with Crippen LogP contribution in [0, 0.1) is 0 Å². The van der Waals surface area contributed by atoms with Crippen LogP contribution < -0.4 is 5.32 Å². The van der Waals surface area contributed by atoms with Crippen molar-refractivity contribution in [2.75, 3.05) is 13.7 Å². The molecule has 1 N–H and O–H groups in total. The Hall–Kier alpha value is -1.06. The maximum atomic E-state index is 11.5. The number of ether oxygens (including phenoxy) is 1. The van der Waals surface area contributed by atoms with E-state index in [1.807, 2.05) is 18.2 Å². The number of carbonyl (C=O) groups is 1. The lowest BCUT2D eigenvalue weighted by Gasteiger charge is -2.17. The first-order chi connectivity index (χ1) is 7.33. The molecule has 0 aliphatic carbocycles. The molecule has 1 aliphatic rings. The van der Waals surface area contributed by atoms with Crippen molar-refractivity contribution in [3.63, 3.8) is 0 Å². The van der Waals surface area contributed by atoms with E-state index in [4.69, 9.17) is 4.74 Å². The molecule has 0 aromatic heterocycles. The number of carbonyl (C=O) groups excluding carboxylic acids is 1. The first-order valence-electron chi connectivity index (χ1n) is 5.19. The van der Waals surface area contributed by atoms with Crippen molar-refractivity contribution in [3.8, 4) is 0 Å². The number of benzene rings is 1. The highest BCUT2D eigenvalue weighted by molar-refractivity contribution is 5.85. The van der Waals surface area contributed by atoms with Gasteiger partial charge >= 0.3 is 5.97 Å². The summed E-state index contributed by atoms with van der Waals surface area (Å²) in [5.74, 6) is 0.0833. The summed E-state index contributed by atoms with van der Waals surface area (Å²) in [7, 11) is 1.43. The van der Waals surface area contributed by atoms with E-state index >= 15 is 0 Å². The summed E-state index contributed by atoms with van der Waals surface area (Å²) >= 11 is 0. The van der Waals surface area contributed by atoms with Gasteiger partial charge in [-0.05, 0) is 18.5 Å². The zero-order chi connectivity index (χ0) is 10.7. The van der Waals surface area contributed by atoms with Crippen molar-refractivity contribution >= 4 is 18.4 Å². The molecule has 1 fully saturated rings. The maximum Gasteiger partial charge on any atom is 0.323 e. The molecule has 0 amide bonds. The fraction of sp³-hybridized carbons (Fsp3) is 0.417. The molecular formula is C12H16ClNO2. The first kappa shape index (κ1) is 13.0. The van der Waals surface area contributed by atoms with Crippen molar-refractivity contribution in [2.45, 2.75) is 18.4 Å². The third-order valence-corrected chi connectivity index (χ3v) is 2.90.